The minimum absolute atomic E-state index is 1.23. The van der Waals surface area contributed by atoms with Gasteiger partial charge in [-0.1, -0.05) is 0 Å². The number of rotatable bonds is 1. The van der Waals surface area contributed by atoms with Gasteiger partial charge in [0.15, 0.2) is 0 Å². The molecule has 0 saturated heterocycles. The fourth-order valence-corrected chi connectivity index (χ4v) is 6.42. The highest BCUT2D eigenvalue weighted by Gasteiger charge is 2.19. The first kappa shape index (κ1) is 9.38. The minimum atomic E-state index is -2.62. The molecule has 0 spiro atoms. The largest absolute Gasteiger partial charge is 0.359 e. The van der Waals surface area contributed by atoms with Crippen LogP contribution < -0.4 is 0 Å². The molecular formula is C5H15FNPSi. The lowest BCUT2D eigenvalue weighted by molar-refractivity contribution is 0.800. The lowest BCUT2D eigenvalue weighted by atomic mass is 11.9. The molecule has 0 radical (unpaired) electrons. The van der Waals surface area contributed by atoms with E-state index in [0.717, 1.165) is 0 Å². The van der Waals surface area contributed by atoms with E-state index in [-0.39, 0.29) is 0 Å². The molecule has 0 atom stereocenters. The first-order chi connectivity index (χ1) is 3.71. The molecule has 0 saturated carbocycles. The third-order valence-electron chi connectivity index (χ3n) is 0.538. The molecular weight excluding hydrogens is 152 g/mol. The van der Waals surface area contributed by atoms with Crippen LogP contribution in [0.15, 0.2) is 4.41 Å². The van der Waals surface area contributed by atoms with Crippen molar-refractivity contribution in [1.29, 1.82) is 0 Å². The molecule has 1 nitrogen and oxygen atoms in total. The van der Waals surface area contributed by atoms with Gasteiger partial charge in [-0.2, -0.15) is 0 Å². The molecule has 0 unspecified atom stereocenters. The van der Waals surface area contributed by atoms with E-state index in [1.807, 2.05) is 20.0 Å². The number of nitrogens with zero attached hydrogens (tertiary/aromatic N) is 1. The first-order valence-corrected chi connectivity index (χ1v) is 8.86. The molecule has 0 aliphatic carbocycles. The van der Waals surface area contributed by atoms with Crippen molar-refractivity contribution in [3.05, 3.63) is 0 Å². The van der Waals surface area contributed by atoms with Gasteiger partial charge in [-0.3, -0.25) is 4.11 Å². The summed E-state index contributed by atoms with van der Waals surface area (Å²) in [7, 11) is -3.84. The van der Waals surface area contributed by atoms with E-state index >= 15 is 0 Å². The van der Waals surface area contributed by atoms with Crippen LogP contribution in [0.1, 0.15) is 0 Å². The van der Waals surface area contributed by atoms with Gasteiger partial charge < -0.3 is 4.41 Å². The Bertz CT molecular complexity index is 135. The van der Waals surface area contributed by atoms with Crippen molar-refractivity contribution < 1.29 is 4.11 Å². The van der Waals surface area contributed by atoms with E-state index in [9.17, 15) is 4.11 Å². The highest BCUT2D eigenvalue weighted by Crippen LogP contribution is 2.38. The molecule has 0 rings (SSSR count). The van der Waals surface area contributed by atoms with Crippen LogP contribution in [0, 0.1) is 0 Å². The second-order valence-corrected chi connectivity index (χ2v) is 11.0. The van der Waals surface area contributed by atoms with E-state index in [1.54, 1.807) is 13.1 Å². The van der Waals surface area contributed by atoms with Crippen LogP contribution in [0.2, 0.25) is 13.1 Å². The summed E-state index contributed by atoms with van der Waals surface area (Å²) in [5.74, 6) is 0. The average Bonchev–Trinajstić information content (AvgIpc) is 1.14. The normalized spacial score (nSPS) is 13.6. The lowest BCUT2D eigenvalue weighted by Gasteiger charge is -2.12. The van der Waals surface area contributed by atoms with Crippen LogP contribution in [0.3, 0.4) is 0 Å². The van der Waals surface area contributed by atoms with Crippen molar-refractivity contribution in [3.63, 3.8) is 0 Å². The zero-order valence-electron chi connectivity index (χ0n) is 6.77. The number of hydrogen-bond donors (Lipinski definition) is 0. The monoisotopic (exact) mass is 167 g/mol. The zero-order valence-corrected chi connectivity index (χ0v) is 8.67. The predicted molar refractivity (Wildman–Crippen MR) is 45.7 cm³/mol. The van der Waals surface area contributed by atoms with E-state index < -0.39 is 15.6 Å². The molecule has 0 N–H and O–H groups in total. The molecule has 0 aliphatic heterocycles. The second kappa shape index (κ2) is 2.55. The molecule has 0 heterocycles. The maximum Gasteiger partial charge on any atom is 0.359 e. The maximum atomic E-state index is 12.9. The summed E-state index contributed by atoms with van der Waals surface area (Å²) in [6, 6.07) is 0. The highest BCUT2D eigenvalue weighted by molar-refractivity contribution is 7.65. The van der Waals surface area contributed by atoms with Crippen molar-refractivity contribution in [2.75, 3.05) is 20.0 Å². The lowest BCUT2D eigenvalue weighted by Crippen LogP contribution is -2.13. The van der Waals surface area contributed by atoms with E-state index in [4.69, 9.17) is 0 Å². The van der Waals surface area contributed by atoms with Gasteiger partial charge >= 0.3 is 8.57 Å². The van der Waals surface area contributed by atoms with Crippen molar-refractivity contribution in [2.24, 2.45) is 4.41 Å². The fraction of sp³-hybridized carbons (Fsp3) is 1.00. The van der Waals surface area contributed by atoms with Gasteiger partial charge in [-0.25, -0.2) is 0 Å². The molecule has 0 aliphatic rings. The van der Waals surface area contributed by atoms with Crippen LogP contribution in [-0.4, -0.2) is 28.6 Å². The number of hydrogen-bond acceptors (Lipinski definition) is 1. The van der Waals surface area contributed by atoms with Crippen LogP contribution in [0.5, 0.6) is 0 Å². The summed E-state index contributed by atoms with van der Waals surface area (Å²) in [4.78, 5) is 0. The standard InChI is InChI=1S/C5H15FNPSi/c1-8(2,3)7-9(4,5)6/h1-5H3. The van der Waals surface area contributed by atoms with E-state index in [1.165, 1.54) is 0 Å². The summed E-state index contributed by atoms with van der Waals surface area (Å²) < 4.78 is 17.0. The van der Waals surface area contributed by atoms with Crippen LogP contribution in [-0.2, 0) is 0 Å². The molecule has 0 aromatic heterocycles. The Morgan fingerprint density at radius 1 is 1.22 bits per heavy atom. The zero-order chi connectivity index (χ0) is 7.71. The molecule has 9 heavy (non-hydrogen) atoms. The summed E-state index contributed by atoms with van der Waals surface area (Å²) >= 11 is 0. The van der Waals surface area contributed by atoms with E-state index in [0.29, 0.717) is 0 Å². The SMILES string of the molecule is C[Si](C)(F)N=P(C)(C)C. The van der Waals surface area contributed by atoms with Crippen molar-refractivity contribution in [2.45, 2.75) is 13.1 Å². The molecule has 0 fully saturated rings. The third kappa shape index (κ3) is 8.38. The summed E-state index contributed by atoms with van der Waals surface area (Å²) in [5.41, 5.74) is 0. The third-order valence-corrected chi connectivity index (χ3v) is 4.84. The molecule has 56 valence electrons. The summed E-state index contributed by atoms with van der Waals surface area (Å²) in [6.07, 6.45) is 0. The summed E-state index contributed by atoms with van der Waals surface area (Å²) in [5, 5.41) is 0. The average molecular weight is 167 g/mol. The molecule has 0 aromatic carbocycles. The minimum Gasteiger partial charge on any atom is -0.305 e. The Morgan fingerprint density at radius 3 is 1.56 bits per heavy atom. The number of halogens is 1. The second-order valence-electron chi connectivity index (χ2n) is 3.45. The van der Waals surface area contributed by atoms with Crippen LogP contribution >= 0.6 is 7.05 Å². The van der Waals surface area contributed by atoms with Crippen LogP contribution in [0.25, 0.3) is 0 Å². The Kier molecular flexibility index (Phi) is 2.65. The first-order valence-electron chi connectivity index (χ1n) is 2.95. The van der Waals surface area contributed by atoms with E-state index in [2.05, 4.69) is 4.41 Å². The van der Waals surface area contributed by atoms with Crippen molar-refractivity contribution >= 4 is 15.6 Å². The Morgan fingerprint density at radius 2 is 1.56 bits per heavy atom. The quantitative estimate of drug-likeness (QED) is 0.323. The maximum absolute atomic E-state index is 12.9. The molecule has 0 bridgehead atoms. The smallest absolute Gasteiger partial charge is 0.305 e. The topological polar surface area (TPSA) is 12.4 Å². The molecule has 4 heteroatoms. The Hall–Kier alpha value is 0.377. The van der Waals surface area contributed by atoms with Gasteiger partial charge in [0.25, 0.3) is 0 Å². The van der Waals surface area contributed by atoms with Gasteiger partial charge in [0.1, 0.15) is 0 Å². The fourth-order valence-electron chi connectivity index (χ4n) is 0.713. The van der Waals surface area contributed by atoms with Crippen molar-refractivity contribution in [1.82, 2.24) is 0 Å². The van der Waals surface area contributed by atoms with Crippen LogP contribution in [0.4, 0.5) is 4.11 Å². The Labute approximate surface area is 58.0 Å². The van der Waals surface area contributed by atoms with Gasteiger partial charge in [0, 0.05) is 0 Å². The Balaban J connectivity index is 4.32. The predicted octanol–water partition coefficient (Wildman–Crippen LogP) is 2.75. The van der Waals surface area contributed by atoms with Gasteiger partial charge in [0.05, 0.1) is 0 Å². The van der Waals surface area contributed by atoms with Gasteiger partial charge in [-0.15, -0.1) is 0 Å². The van der Waals surface area contributed by atoms with Gasteiger partial charge in [0.2, 0.25) is 0 Å². The summed E-state index contributed by atoms with van der Waals surface area (Å²) in [6.45, 7) is 9.33. The van der Waals surface area contributed by atoms with Crippen molar-refractivity contribution in [3.8, 4) is 0 Å². The van der Waals surface area contributed by atoms with Gasteiger partial charge in [-0.05, 0) is 40.1 Å². The molecule has 0 aromatic rings. The highest BCUT2D eigenvalue weighted by atomic mass is 31.2. The molecule has 0 amide bonds.